The Labute approximate surface area is 150 Å². The first kappa shape index (κ1) is 19.2. The Morgan fingerprint density at radius 2 is 2.00 bits per heavy atom. The minimum absolute atomic E-state index is 0.105. The van der Waals surface area contributed by atoms with Crippen molar-refractivity contribution in [1.82, 2.24) is 15.6 Å². The molecule has 0 radical (unpaired) electrons. The largest absolute Gasteiger partial charge is 0.439 e. The van der Waals surface area contributed by atoms with Crippen molar-refractivity contribution in [1.29, 1.82) is 0 Å². The molecule has 0 aliphatic heterocycles. The van der Waals surface area contributed by atoms with E-state index in [4.69, 9.17) is 10.5 Å². The third-order valence-electron chi connectivity index (χ3n) is 3.66. The fraction of sp³-hybridized carbons (Fsp3) is 0.278. The van der Waals surface area contributed by atoms with Gasteiger partial charge in [-0.25, -0.2) is 14.2 Å². The molecule has 0 saturated heterocycles. The van der Waals surface area contributed by atoms with E-state index in [1.807, 2.05) is 0 Å². The average molecular weight is 360 g/mol. The molecule has 3 amide bonds. The highest BCUT2D eigenvalue weighted by molar-refractivity contribution is 5.81. The molecule has 0 unspecified atom stereocenters. The molecule has 2 aromatic rings. The number of ether oxygens (including phenoxy) is 1. The van der Waals surface area contributed by atoms with E-state index >= 15 is 0 Å². The Kier molecular flexibility index (Phi) is 6.11. The molecular formula is C18H21FN4O3. The lowest BCUT2D eigenvalue weighted by Crippen LogP contribution is -2.45. The number of halogens is 1. The van der Waals surface area contributed by atoms with E-state index in [-0.39, 0.29) is 19.0 Å². The van der Waals surface area contributed by atoms with Gasteiger partial charge in [0.15, 0.2) is 0 Å². The third-order valence-corrected chi connectivity index (χ3v) is 3.66. The van der Waals surface area contributed by atoms with Gasteiger partial charge in [-0.05, 0) is 32.0 Å². The Morgan fingerprint density at radius 3 is 2.69 bits per heavy atom. The van der Waals surface area contributed by atoms with Gasteiger partial charge in [-0.15, -0.1) is 0 Å². The molecule has 2 rings (SSSR count). The number of hydrogen-bond acceptors (Lipinski definition) is 4. The molecular weight excluding hydrogens is 339 g/mol. The zero-order valence-electron chi connectivity index (χ0n) is 14.6. The monoisotopic (exact) mass is 360 g/mol. The van der Waals surface area contributed by atoms with E-state index < -0.39 is 23.2 Å². The van der Waals surface area contributed by atoms with Crippen LogP contribution in [0, 0.1) is 11.2 Å². The molecule has 0 aliphatic rings. The maximum absolute atomic E-state index is 13.3. The number of hydrogen-bond donors (Lipinski definition) is 3. The lowest BCUT2D eigenvalue weighted by Gasteiger charge is -2.20. The lowest BCUT2D eigenvalue weighted by molar-refractivity contribution is -0.125. The van der Waals surface area contributed by atoms with Crippen LogP contribution < -0.4 is 21.1 Å². The minimum Gasteiger partial charge on any atom is -0.439 e. The molecule has 26 heavy (non-hydrogen) atoms. The summed E-state index contributed by atoms with van der Waals surface area (Å²) in [6.07, 6.45) is 1.54. The van der Waals surface area contributed by atoms with Gasteiger partial charge < -0.3 is 21.1 Å². The van der Waals surface area contributed by atoms with Gasteiger partial charge in [-0.3, -0.25) is 4.79 Å². The van der Waals surface area contributed by atoms with Gasteiger partial charge in [0.1, 0.15) is 11.6 Å². The van der Waals surface area contributed by atoms with Crippen molar-refractivity contribution < 1.29 is 18.7 Å². The third kappa shape index (κ3) is 5.44. The molecule has 0 saturated carbocycles. The summed E-state index contributed by atoms with van der Waals surface area (Å²) >= 11 is 0. The number of pyridine rings is 1. The van der Waals surface area contributed by atoms with Crippen LogP contribution in [0.25, 0.3) is 0 Å². The van der Waals surface area contributed by atoms with Crippen molar-refractivity contribution in [2.75, 3.05) is 6.54 Å². The van der Waals surface area contributed by atoms with E-state index in [1.165, 1.54) is 24.4 Å². The molecule has 0 atom stereocenters. The second-order valence-electron chi connectivity index (χ2n) is 6.31. The van der Waals surface area contributed by atoms with Crippen LogP contribution in [0.4, 0.5) is 9.18 Å². The molecule has 8 heteroatoms. The van der Waals surface area contributed by atoms with Crippen LogP contribution >= 0.6 is 0 Å². The zero-order chi connectivity index (χ0) is 19.2. The highest BCUT2D eigenvalue weighted by Gasteiger charge is 2.25. The van der Waals surface area contributed by atoms with Gasteiger partial charge in [0.05, 0.1) is 5.41 Å². The number of aromatic nitrogens is 1. The molecule has 4 N–H and O–H groups in total. The Balaban J connectivity index is 1.96. The van der Waals surface area contributed by atoms with E-state index in [0.29, 0.717) is 11.3 Å². The number of nitrogens with one attached hydrogen (secondary N) is 2. The molecule has 1 aromatic heterocycles. The quantitative estimate of drug-likeness (QED) is 0.704. The Morgan fingerprint density at radius 1 is 1.23 bits per heavy atom. The summed E-state index contributed by atoms with van der Waals surface area (Å²) in [5.74, 6) is -0.362. The summed E-state index contributed by atoms with van der Waals surface area (Å²) in [6.45, 7) is 3.53. The van der Waals surface area contributed by atoms with Crippen LogP contribution in [0.2, 0.25) is 0 Å². The first-order valence-corrected chi connectivity index (χ1v) is 7.97. The molecule has 1 heterocycles. The van der Waals surface area contributed by atoms with Crippen LogP contribution in [0.5, 0.6) is 11.6 Å². The van der Waals surface area contributed by atoms with Crippen molar-refractivity contribution in [3.63, 3.8) is 0 Å². The summed E-state index contributed by atoms with van der Waals surface area (Å²) < 4.78 is 18.8. The summed E-state index contributed by atoms with van der Waals surface area (Å²) in [5, 5.41) is 5.24. The summed E-state index contributed by atoms with van der Waals surface area (Å²) in [5.41, 5.74) is 5.03. The van der Waals surface area contributed by atoms with Gasteiger partial charge in [0.2, 0.25) is 11.8 Å². The number of amides is 3. The summed E-state index contributed by atoms with van der Waals surface area (Å²) in [7, 11) is 0. The van der Waals surface area contributed by atoms with Crippen LogP contribution in [0.3, 0.4) is 0 Å². The first-order chi connectivity index (χ1) is 12.3. The van der Waals surface area contributed by atoms with Gasteiger partial charge in [-0.1, -0.05) is 12.1 Å². The fourth-order valence-electron chi connectivity index (χ4n) is 1.92. The average Bonchev–Trinajstić information content (AvgIpc) is 2.59. The van der Waals surface area contributed by atoms with Crippen molar-refractivity contribution in [2.24, 2.45) is 11.1 Å². The smallest absolute Gasteiger partial charge is 0.315 e. The van der Waals surface area contributed by atoms with Gasteiger partial charge in [0.25, 0.3) is 0 Å². The number of nitrogens with two attached hydrogens (primary N) is 1. The van der Waals surface area contributed by atoms with E-state index in [9.17, 15) is 14.0 Å². The minimum atomic E-state index is -0.850. The number of urea groups is 1. The number of primary amides is 1. The molecule has 7 nitrogen and oxygen atoms in total. The zero-order valence-corrected chi connectivity index (χ0v) is 14.6. The maximum Gasteiger partial charge on any atom is 0.315 e. The van der Waals surface area contributed by atoms with E-state index in [1.54, 1.807) is 32.0 Å². The van der Waals surface area contributed by atoms with Crippen LogP contribution in [-0.2, 0) is 11.3 Å². The standard InChI is InChI=1S/C18H21FN4O3/c1-18(2,16(20)24)11-23-17(25)22-10-12-5-4-8-21-15(12)26-14-7-3-6-13(19)9-14/h3-9H,10-11H2,1-2H3,(H2,20,24)(H2,22,23,25). The topological polar surface area (TPSA) is 106 Å². The molecule has 0 bridgehead atoms. The molecule has 0 spiro atoms. The van der Waals surface area contributed by atoms with Crippen molar-refractivity contribution in [2.45, 2.75) is 20.4 Å². The van der Waals surface area contributed by atoms with Crippen LogP contribution in [-0.4, -0.2) is 23.5 Å². The van der Waals surface area contributed by atoms with Crippen molar-refractivity contribution in [3.8, 4) is 11.6 Å². The summed E-state index contributed by atoms with van der Waals surface area (Å²) in [4.78, 5) is 27.3. The molecule has 0 fully saturated rings. The van der Waals surface area contributed by atoms with Crippen LogP contribution in [0.15, 0.2) is 42.6 Å². The first-order valence-electron chi connectivity index (χ1n) is 7.97. The molecule has 138 valence electrons. The normalized spacial score (nSPS) is 10.9. The van der Waals surface area contributed by atoms with Gasteiger partial charge in [-0.2, -0.15) is 0 Å². The lowest BCUT2D eigenvalue weighted by atomic mass is 9.93. The maximum atomic E-state index is 13.3. The van der Waals surface area contributed by atoms with Crippen LogP contribution in [0.1, 0.15) is 19.4 Å². The van der Waals surface area contributed by atoms with Crippen molar-refractivity contribution >= 4 is 11.9 Å². The molecule has 0 aliphatic carbocycles. The Hall–Kier alpha value is -3.16. The summed E-state index contributed by atoms with van der Waals surface area (Å²) in [6, 6.07) is 8.65. The second-order valence-corrected chi connectivity index (χ2v) is 6.31. The van der Waals surface area contributed by atoms with E-state index in [2.05, 4.69) is 15.6 Å². The number of carbonyl (C=O) groups is 2. The van der Waals surface area contributed by atoms with Gasteiger partial charge in [0, 0.05) is 30.9 Å². The number of nitrogens with zero attached hydrogens (tertiary/aromatic N) is 1. The van der Waals surface area contributed by atoms with E-state index in [0.717, 1.165) is 0 Å². The highest BCUT2D eigenvalue weighted by atomic mass is 19.1. The fourth-order valence-corrected chi connectivity index (χ4v) is 1.92. The number of rotatable bonds is 7. The van der Waals surface area contributed by atoms with Crippen molar-refractivity contribution in [3.05, 3.63) is 54.0 Å². The number of benzene rings is 1. The highest BCUT2D eigenvalue weighted by Crippen LogP contribution is 2.23. The second kappa shape index (κ2) is 8.28. The predicted octanol–water partition coefficient (Wildman–Crippen LogP) is 2.32. The van der Waals surface area contributed by atoms with Gasteiger partial charge >= 0.3 is 6.03 Å². The SMILES string of the molecule is CC(C)(CNC(=O)NCc1cccnc1Oc1cccc(F)c1)C(N)=O. The predicted molar refractivity (Wildman–Crippen MR) is 93.9 cm³/mol. The molecule has 1 aromatic carbocycles. The Bertz CT molecular complexity index is 796. The number of carbonyl (C=O) groups excluding carboxylic acids is 2.